The zero-order valence-electron chi connectivity index (χ0n) is 18.9. The van der Waals surface area contributed by atoms with Gasteiger partial charge in [-0.05, 0) is 49.6 Å². The minimum Gasteiger partial charge on any atom is -0.466 e. The fraction of sp³-hybridized carbons (Fsp3) is 0.333. The summed E-state index contributed by atoms with van der Waals surface area (Å²) in [6, 6.07) is 13.9. The maximum atomic E-state index is 12.2. The van der Waals surface area contributed by atoms with Crippen LogP contribution in [0, 0.1) is 13.8 Å². The molecule has 1 amide bonds. The van der Waals surface area contributed by atoms with Crippen LogP contribution in [-0.2, 0) is 26.6 Å². The van der Waals surface area contributed by atoms with Crippen LogP contribution in [0.4, 0.5) is 0 Å². The standard InChI is InChI=1S/C24H27ClN4O3S/c1-4-32-23(31)12-11-22(30)26-14-21-27-28-24(33-15-18-8-6-5-7-16(18)2)29(21)20-13-19(25)10-9-17(20)3/h5-10,13H,4,11-12,14-15H2,1-3H3,(H,26,30). The molecule has 2 aromatic carbocycles. The monoisotopic (exact) mass is 486 g/mol. The third-order valence-corrected chi connectivity index (χ3v) is 6.25. The van der Waals surface area contributed by atoms with Crippen LogP contribution in [0.25, 0.3) is 5.69 Å². The summed E-state index contributed by atoms with van der Waals surface area (Å²) in [5.41, 5.74) is 4.29. The highest BCUT2D eigenvalue weighted by molar-refractivity contribution is 7.98. The SMILES string of the molecule is CCOC(=O)CCC(=O)NCc1nnc(SCc2ccccc2C)n1-c1cc(Cl)ccc1C. The number of aromatic nitrogens is 3. The summed E-state index contributed by atoms with van der Waals surface area (Å²) in [6.45, 7) is 6.27. The lowest BCUT2D eigenvalue weighted by molar-refractivity contribution is -0.144. The maximum absolute atomic E-state index is 12.2. The molecule has 0 fully saturated rings. The van der Waals surface area contributed by atoms with Crippen LogP contribution in [0.3, 0.4) is 0 Å². The molecule has 1 aromatic heterocycles. The molecule has 0 unspecified atom stereocenters. The van der Waals surface area contributed by atoms with Crippen molar-refractivity contribution >= 4 is 35.2 Å². The predicted octanol–water partition coefficient (Wildman–Crippen LogP) is 4.79. The van der Waals surface area contributed by atoms with E-state index in [-0.39, 0.29) is 31.3 Å². The highest BCUT2D eigenvalue weighted by atomic mass is 35.5. The Kier molecular flexibility index (Phi) is 8.91. The average Bonchev–Trinajstić information content (AvgIpc) is 3.20. The zero-order chi connectivity index (χ0) is 23.8. The van der Waals surface area contributed by atoms with E-state index < -0.39 is 0 Å². The predicted molar refractivity (Wildman–Crippen MR) is 130 cm³/mol. The fourth-order valence-electron chi connectivity index (χ4n) is 3.20. The van der Waals surface area contributed by atoms with Crippen molar-refractivity contribution in [1.29, 1.82) is 0 Å². The van der Waals surface area contributed by atoms with Gasteiger partial charge in [0.1, 0.15) is 0 Å². The van der Waals surface area contributed by atoms with E-state index in [4.69, 9.17) is 16.3 Å². The van der Waals surface area contributed by atoms with E-state index in [0.29, 0.717) is 22.6 Å². The Hall–Kier alpha value is -2.84. The number of benzene rings is 2. The lowest BCUT2D eigenvalue weighted by Crippen LogP contribution is -2.25. The third-order valence-electron chi connectivity index (χ3n) is 5.04. The van der Waals surface area contributed by atoms with Gasteiger partial charge in [0, 0.05) is 17.2 Å². The molecule has 3 aromatic rings. The molecule has 0 aliphatic heterocycles. The van der Waals surface area contributed by atoms with Crippen LogP contribution < -0.4 is 5.32 Å². The van der Waals surface area contributed by atoms with E-state index >= 15 is 0 Å². The van der Waals surface area contributed by atoms with Crippen molar-refractivity contribution in [2.45, 2.75) is 51.1 Å². The minimum atomic E-state index is -0.389. The number of amides is 1. The average molecular weight is 487 g/mol. The van der Waals surface area contributed by atoms with E-state index in [1.165, 1.54) is 11.1 Å². The first-order valence-electron chi connectivity index (χ1n) is 10.7. The summed E-state index contributed by atoms with van der Waals surface area (Å²) in [5, 5.41) is 12.9. The highest BCUT2D eigenvalue weighted by Crippen LogP contribution is 2.29. The number of thioether (sulfide) groups is 1. The van der Waals surface area contributed by atoms with Crippen molar-refractivity contribution in [3.63, 3.8) is 0 Å². The molecular formula is C24H27ClN4O3S. The van der Waals surface area contributed by atoms with Gasteiger partial charge in [-0.1, -0.05) is 53.7 Å². The molecule has 7 nitrogen and oxygen atoms in total. The van der Waals surface area contributed by atoms with E-state index in [2.05, 4.69) is 34.6 Å². The molecule has 3 rings (SSSR count). The van der Waals surface area contributed by atoms with Crippen molar-refractivity contribution in [2.75, 3.05) is 6.61 Å². The van der Waals surface area contributed by atoms with Gasteiger partial charge >= 0.3 is 5.97 Å². The Morgan fingerprint density at radius 1 is 1.09 bits per heavy atom. The maximum Gasteiger partial charge on any atom is 0.306 e. The third kappa shape index (κ3) is 6.82. The number of hydrogen-bond acceptors (Lipinski definition) is 6. The molecule has 0 bridgehead atoms. The van der Waals surface area contributed by atoms with Crippen molar-refractivity contribution in [1.82, 2.24) is 20.1 Å². The van der Waals surface area contributed by atoms with Crippen molar-refractivity contribution in [3.8, 4) is 5.69 Å². The number of ether oxygens (including phenoxy) is 1. The normalized spacial score (nSPS) is 10.8. The second-order valence-corrected chi connectivity index (χ2v) is 8.84. The number of esters is 1. The van der Waals surface area contributed by atoms with E-state index in [9.17, 15) is 9.59 Å². The summed E-state index contributed by atoms with van der Waals surface area (Å²) >= 11 is 7.85. The number of rotatable bonds is 10. The van der Waals surface area contributed by atoms with Gasteiger partial charge in [0.15, 0.2) is 11.0 Å². The van der Waals surface area contributed by atoms with Crippen LogP contribution in [0.5, 0.6) is 0 Å². The fourth-order valence-corrected chi connectivity index (χ4v) is 4.41. The zero-order valence-corrected chi connectivity index (χ0v) is 20.5. The Morgan fingerprint density at radius 2 is 1.88 bits per heavy atom. The summed E-state index contributed by atoms with van der Waals surface area (Å²) in [7, 11) is 0. The molecule has 9 heteroatoms. The van der Waals surface area contributed by atoms with Gasteiger partial charge in [-0.15, -0.1) is 10.2 Å². The first kappa shape index (κ1) is 24.8. The summed E-state index contributed by atoms with van der Waals surface area (Å²) in [6.07, 6.45) is 0.0926. The smallest absolute Gasteiger partial charge is 0.306 e. The largest absolute Gasteiger partial charge is 0.466 e. The number of aryl methyl sites for hydroxylation is 2. The van der Waals surface area contributed by atoms with E-state index in [0.717, 1.165) is 17.0 Å². The number of nitrogens with one attached hydrogen (secondary N) is 1. The Labute approximate surface area is 202 Å². The first-order chi connectivity index (χ1) is 15.9. The molecule has 0 aliphatic rings. The molecule has 174 valence electrons. The number of halogens is 1. The molecule has 0 saturated heterocycles. The number of carbonyl (C=O) groups excluding carboxylic acids is 2. The van der Waals surface area contributed by atoms with Gasteiger partial charge in [-0.3, -0.25) is 14.2 Å². The topological polar surface area (TPSA) is 86.1 Å². The quantitative estimate of drug-likeness (QED) is 0.327. The number of nitrogens with zero attached hydrogens (tertiary/aromatic N) is 3. The molecular weight excluding hydrogens is 460 g/mol. The molecule has 1 heterocycles. The number of hydrogen-bond donors (Lipinski definition) is 1. The van der Waals surface area contributed by atoms with Gasteiger partial charge in [0.25, 0.3) is 0 Å². The van der Waals surface area contributed by atoms with Crippen LogP contribution in [0.1, 0.15) is 42.3 Å². The molecule has 0 atom stereocenters. The molecule has 0 saturated carbocycles. The van der Waals surface area contributed by atoms with Crippen LogP contribution in [0.2, 0.25) is 5.02 Å². The van der Waals surface area contributed by atoms with Crippen LogP contribution in [0.15, 0.2) is 47.6 Å². The van der Waals surface area contributed by atoms with Crippen molar-refractivity contribution < 1.29 is 14.3 Å². The summed E-state index contributed by atoms with van der Waals surface area (Å²) < 4.78 is 6.80. The Bertz CT molecular complexity index is 1130. The Morgan fingerprint density at radius 3 is 2.64 bits per heavy atom. The molecule has 0 spiro atoms. The number of carbonyl (C=O) groups is 2. The lowest BCUT2D eigenvalue weighted by atomic mass is 10.1. The summed E-state index contributed by atoms with van der Waals surface area (Å²) in [4.78, 5) is 23.7. The van der Waals surface area contributed by atoms with Crippen LogP contribution in [-0.4, -0.2) is 33.2 Å². The molecule has 33 heavy (non-hydrogen) atoms. The van der Waals surface area contributed by atoms with Gasteiger partial charge in [-0.2, -0.15) is 0 Å². The van der Waals surface area contributed by atoms with Gasteiger partial charge in [0.2, 0.25) is 5.91 Å². The highest BCUT2D eigenvalue weighted by Gasteiger charge is 2.18. The van der Waals surface area contributed by atoms with E-state index in [1.807, 2.05) is 41.8 Å². The molecule has 0 radical (unpaired) electrons. The summed E-state index contributed by atoms with van der Waals surface area (Å²) in [5.74, 6) is 0.669. The Balaban J connectivity index is 1.80. The van der Waals surface area contributed by atoms with Gasteiger partial charge < -0.3 is 10.1 Å². The van der Waals surface area contributed by atoms with Gasteiger partial charge in [0.05, 0.1) is 25.3 Å². The van der Waals surface area contributed by atoms with Crippen LogP contribution >= 0.6 is 23.4 Å². The molecule has 1 N–H and O–H groups in total. The van der Waals surface area contributed by atoms with Crippen molar-refractivity contribution in [2.24, 2.45) is 0 Å². The van der Waals surface area contributed by atoms with Gasteiger partial charge in [-0.25, -0.2) is 0 Å². The lowest BCUT2D eigenvalue weighted by Gasteiger charge is -2.14. The molecule has 0 aliphatic carbocycles. The van der Waals surface area contributed by atoms with E-state index in [1.54, 1.807) is 18.7 Å². The minimum absolute atomic E-state index is 0.0390. The second-order valence-electron chi connectivity index (χ2n) is 7.46. The second kappa shape index (κ2) is 11.9. The van der Waals surface area contributed by atoms with Crippen molar-refractivity contribution in [3.05, 3.63) is 70.0 Å². The first-order valence-corrected chi connectivity index (χ1v) is 12.1.